The van der Waals surface area contributed by atoms with Crippen molar-refractivity contribution in [3.63, 3.8) is 0 Å². The Bertz CT molecular complexity index is 1020. The Morgan fingerprint density at radius 2 is 1.72 bits per heavy atom. The lowest BCUT2D eigenvalue weighted by Crippen LogP contribution is -2.24. The van der Waals surface area contributed by atoms with Crippen LogP contribution in [0.25, 0.3) is 0 Å². The fraction of sp³-hybridized carbons (Fsp3) is 0.300. The number of rotatable bonds is 10. The van der Waals surface area contributed by atoms with Gasteiger partial charge in [0.2, 0.25) is 15.7 Å². The molecule has 1 aromatic carbocycles. The third-order valence-electron chi connectivity index (χ3n) is 4.21. The first kappa shape index (κ1) is 20.7. The number of aryl methyl sites for hydroxylation is 1. The fourth-order valence-electron chi connectivity index (χ4n) is 2.71. The van der Waals surface area contributed by atoms with Crippen molar-refractivity contribution < 1.29 is 17.6 Å². The molecule has 8 nitrogen and oxygen atoms in total. The highest BCUT2D eigenvalue weighted by Crippen LogP contribution is 2.16. The summed E-state index contributed by atoms with van der Waals surface area (Å²) in [6.07, 6.45) is 6.04. The van der Waals surface area contributed by atoms with Gasteiger partial charge in [0.25, 0.3) is 5.91 Å². The van der Waals surface area contributed by atoms with Crippen LogP contribution in [0.15, 0.2) is 64.5 Å². The Morgan fingerprint density at radius 3 is 2.48 bits per heavy atom. The number of pyridine rings is 1. The van der Waals surface area contributed by atoms with Gasteiger partial charge in [-0.2, -0.15) is 0 Å². The Balaban J connectivity index is 1.39. The van der Waals surface area contributed by atoms with E-state index in [9.17, 15) is 13.2 Å². The summed E-state index contributed by atoms with van der Waals surface area (Å²) < 4.78 is 30.1. The molecule has 0 aliphatic rings. The second-order valence-electron chi connectivity index (χ2n) is 6.51. The summed E-state index contributed by atoms with van der Waals surface area (Å²) in [4.78, 5) is 15.8. The SMILES string of the molecule is O=C(NCCCCCc1nnc(S(=O)(=O)Cc2ccccc2)o1)c1ccncc1. The minimum absolute atomic E-state index is 0.127. The van der Waals surface area contributed by atoms with Gasteiger partial charge in [0.15, 0.2) is 0 Å². The molecular formula is C20H22N4O4S. The van der Waals surface area contributed by atoms with Crippen molar-refractivity contribution in [3.05, 3.63) is 71.9 Å². The molecule has 3 rings (SSSR count). The molecule has 3 aromatic rings. The van der Waals surface area contributed by atoms with Crippen LogP contribution in [-0.4, -0.2) is 36.1 Å². The molecule has 29 heavy (non-hydrogen) atoms. The maximum absolute atomic E-state index is 12.4. The number of nitrogens with zero attached hydrogens (tertiary/aromatic N) is 3. The lowest BCUT2D eigenvalue weighted by atomic mass is 10.2. The zero-order valence-electron chi connectivity index (χ0n) is 15.8. The summed E-state index contributed by atoms with van der Waals surface area (Å²) in [5.41, 5.74) is 1.25. The number of carbonyl (C=O) groups excluding carboxylic acids is 1. The van der Waals surface area contributed by atoms with Crippen molar-refractivity contribution in [1.82, 2.24) is 20.5 Å². The van der Waals surface area contributed by atoms with E-state index >= 15 is 0 Å². The van der Waals surface area contributed by atoms with Crippen LogP contribution in [0, 0.1) is 0 Å². The molecule has 0 radical (unpaired) electrons. The molecule has 0 bridgehead atoms. The Kier molecular flexibility index (Phi) is 7.07. The maximum atomic E-state index is 12.4. The number of amides is 1. The number of aromatic nitrogens is 3. The van der Waals surface area contributed by atoms with Crippen molar-refractivity contribution in [3.8, 4) is 0 Å². The summed E-state index contributed by atoms with van der Waals surface area (Å²) in [6, 6.07) is 12.2. The molecule has 0 fully saturated rings. The Labute approximate surface area is 169 Å². The highest BCUT2D eigenvalue weighted by Gasteiger charge is 2.22. The normalized spacial score (nSPS) is 11.3. The van der Waals surface area contributed by atoms with Crippen molar-refractivity contribution in [2.24, 2.45) is 0 Å². The van der Waals surface area contributed by atoms with Crippen LogP contribution in [0.4, 0.5) is 0 Å². The van der Waals surface area contributed by atoms with Gasteiger partial charge >= 0.3 is 5.22 Å². The topological polar surface area (TPSA) is 115 Å². The average Bonchev–Trinajstić information content (AvgIpc) is 3.21. The lowest BCUT2D eigenvalue weighted by Gasteiger charge is -2.04. The third kappa shape index (κ3) is 6.21. The van der Waals surface area contributed by atoms with E-state index in [0.29, 0.717) is 30.0 Å². The second kappa shape index (κ2) is 9.92. The molecule has 0 saturated heterocycles. The van der Waals surface area contributed by atoms with Gasteiger partial charge in [-0.25, -0.2) is 8.42 Å². The number of hydrogen-bond acceptors (Lipinski definition) is 7. The van der Waals surface area contributed by atoms with Gasteiger partial charge in [0.1, 0.15) is 0 Å². The van der Waals surface area contributed by atoms with E-state index in [4.69, 9.17) is 4.42 Å². The van der Waals surface area contributed by atoms with Crippen LogP contribution in [0.3, 0.4) is 0 Å². The minimum Gasteiger partial charge on any atom is -0.413 e. The predicted molar refractivity (Wildman–Crippen MR) is 106 cm³/mol. The van der Waals surface area contributed by atoms with Crippen LogP contribution in [-0.2, 0) is 22.0 Å². The largest absolute Gasteiger partial charge is 0.413 e. The molecule has 0 aliphatic heterocycles. The van der Waals surface area contributed by atoms with Crippen LogP contribution < -0.4 is 5.32 Å². The molecule has 0 atom stereocenters. The quantitative estimate of drug-likeness (QED) is 0.507. The van der Waals surface area contributed by atoms with Crippen LogP contribution in [0.5, 0.6) is 0 Å². The van der Waals surface area contributed by atoms with Crippen LogP contribution in [0.1, 0.15) is 41.1 Å². The number of nitrogens with one attached hydrogen (secondary N) is 1. The molecule has 1 N–H and O–H groups in total. The first-order valence-electron chi connectivity index (χ1n) is 9.32. The molecule has 9 heteroatoms. The van der Waals surface area contributed by atoms with Gasteiger partial charge in [-0.3, -0.25) is 9.78 Å². The number of unbranched alkanes of at least 4 members (excludes halogenated alkanes) is 2. The van der Waals surface area contributed by atoms with E-state index in [2.05, 4.69) is 20.5 Å². The maximum Gasteiger partial charge on any atom is 0.335 e. The molecule has 2 heterocycles. The number of benzene rings is 1. The summed E-state index contributed by atoms with van der Waals surface area (Å²) >= 11 is 0. The van der Waals surface area contributed by atoms with E-state index in [1.54, 1.807) is 48.8 Å². The molecule has 2 aromatic heterocycles. The summed E-state index contributed by atoms with van der Waals surface area (Å²) in [6.45, 7) is 0.557. The molecule has 152 valence electrons. The van der Waals surface area contributed by atoms with Gasteiger partial charge in [0, 0.05) is 30.9 Å². The standard InChI is InChI=1S/C20H22N4O4S/c25-19(17-10-13-21-14-11-17)22-12-6-2-5-9-18-23-24-20(28-18)29(26,27)15-16-7-3-1-4-8-16/h1,3-4,7-8,10-11,13-14H,2,5-6,9,12,15H2,(H,22,25). The first-order chi connectivity index (χ1) is 14.0. The van der Waals surface area contributed by atoms with Crippen molar-refractivity contribution >= 4 is 15.7 Å². The summed E-state index contributed by atoms with van der Waals surface area (Å²) in [7, 11) is -3.66. The lowest BCUT2D eigenvalue weighted by molar-refractivity contribution is 0.0952. The molecule has 0 unspecified atom stereocenters. The van der Waals surface area contributed by atoms with E-state index in [1.165, 1.54) is 0 Å². The highest BCUT2D eigenvalue weighted by atomic mass is 32.2. The van der Waals surface area contributed by atoms with Gasteiger partial charge in [-0.1, -0.05) is 41.9 Å². The van der Waals surface area contributed by atoms with Gasteiger partial charge in [-0.05, 0) is 30.5 Å². The Morgan fingerprint density at radius 1 is 0.966 bits per heavy atom. The van der Waals surface area contributed by atoms with Crippen molar-refractivity contribution in [2.75, 3.05) is 6.54 Å². The molecular weight excluding hydrogens is 392 g/mol. The monoisotopic (exact) mass is 414 g/mol. The average molecular weight is 414 g/mol. The second-order valence-corrected chi connectivity index (χ2v) is 8.38. The third-order valence-corrected chi connectivity index (χ3v) is 5.62. The highest BCUT2D eigenvalue weighted by molar-refractivity contribution is 7.90. The molecule has 1 amide bonds. The van der Waals surface area contributed by atoms with E-state index in [1.807, 2.05) is 6.07 Å². The van der Waals surface area contributed by atoms with Crippen LogP contribution in [0.2, 0.25) is 0 Å². The number of hydrogen-bond donors (Lipinski definition) is 1. The van der Waals surface area contributed by atoms with Crippen molar-refractivity contribution in [2.45, 2.75) is 36.7 Å². The zero-order valence-corrected chi connectivity index (χ0v) is 16.6. The van der Waals surface area contributed by atoms with E-state index in [0.717, 1.165) is 19.3 Å². The predicted octanol–water partition coefficient (Wildman–Crippen LogP) is 2.58. The summed E-state index contributed by atoms with van der Waals surface area (Å²) in [5, 5.41) is 10.0. The van der Waals surface area contributed by atoms with Gasteiger partial charge in [0.05, 0.1) is 5.75 Å². The van der Waals surface area contributed by atoms with Gasteiger partial charge < -0.3 is 9.73 Å². The molecule has 0 saturated carbocycles. The van der Waals surface area contributed by atoms with E-state index < -0.39 is 9.84 Å². The summed E-state index contributed by atoms with van der Waals surface area (Å²) in [5.74, 6) is 0.00199. The number of carbonyl (C=O) groups is 1. The zero-order chi connectivity index (χ0) is 20.5. The van der Waals surface area contributed by atoms with Crippen molar-refractivity contribution in [1.29, 1.82) is 0 Å². The minimum atomic E-state index is -3.66. The van der Waals surface area contributed by atoms with E-state index in [-0.39, 0.29) is 16.9 Å². The van der Waals surface area contributed by atoms with Crippen LogP contribution >= 0.6 is 0 Å². The van der Waals surface area contributed by atoms with Gasteiger partial charge in [-0.15, -0.1) is 5.10 Å². The first-order valence-corrected chi connectivity index (χ1v) is 11.0. The molecule has 0 aliphatic carbocycles. The number of sulfone groups is 1. The Hall–Kier alpha value is -3.07. The molecule has 0 spiro atoms. The smallest absolute Gasteiger partial charge is 0.335 e. The fourth-order valence-corrected chi connectivity index (χ4v) is 3.85.